The van der Waals surface area contributed by atoms with Crippen LogP contribution in [0.15, 0.2) is 12.2 Å². The lowest BCUT2D eigenvalue weighted by atomic mass is 9.70. The van der Waals surface area contributed by atoms with E-state index in [2.05, 4.69) is 45.4 Å². The molecule has 1 aliphatic carbocycles. The zero-order chi connectivity index (χ0) is 10.9. The maximum Gasteiger partial charge on any atom is 0.0990 e. The van der Waals surface area contributed by atoms with Crippen LogP contribution in [0.5, 0.6) is 0 Å². The van der Waals surface area contributed by atoms with Gasteiger partial charge in [0.1, 0.15) is 0 Å². The second-order valence-electron chi connectivity index (χ2n) is 4.58. The van der Waals surface area contributed by atoms with Crippen molar-refractivity contribution in [2.24, 2.45) is 11.8 Å². The number of halogens is 2. The van der Waals surface area contributed by atoms with Crippen LogP contribution in [-0.2, 0) is 0 Å². The molecule has 3 atom stereocenters. The minimum Gasteiger partial charge on any atom is -0.387 e. The molecule has 14 heavy (non-hydrogen) atoms. The molecule has 0 radical (unpaired) electrons. The lowest BCUT2D eigenvalue weighted by Gasteiger charge is -2.44. The van der Waals surface area contributed by atoms with Crippen LogP contribution in [-0.4, -0.2) is 14.4 Å². The van der Waals surface area contributed by atoms with Crippen LogP contribution in [0, 0.1) is 11.8 Å². The predicted molar refractivity (Wildman–Crippen MR) is 67.9 cm³/mol. The van der Waals surface area contributed by atoms with Gasteiger partial charge in [0, 0.05) is 5.92 Å². The number of aliphatic hydroxyl groups is 1. The summed E-state index contributed by atoms with van der Waals surface area (Å²) in [5.74, 6) is 0.802. The highest BCUT2D eigenvalue weighted by atomic mass is 79.9. The summed E-state index contributed by atoms with van der Waals surface area (Å²) in [7, 11) is 0. The molecule has 0 heterocycles. The Morgan fingerprint density at radius 3 is 2.50 bits per heavy atom. The van der Waals surface area contributed by atoms with Gasteiger partial charge in [0.05, 0.1) is 9.34 Å². The predicted octanol–water partition coefficient (Wildman–Crippen LogP) is 3.85. The summed E-state index contributed by atoms with van der Waals surface area (Å²) in [6, 6.07) is 0. The van der Waals surface area contributed by atoms with Gasteiger partial charge >= 0.3 is 0 Å². The second-order valence-corrected chi connectivity index (χ2v) is 7.64. The maximum absolute atomic E-state index is 10.6. The van der Waals surface area contributed by atoms with Crippen molar-refractivity contribution < 1.29 is 5.11 Å². The van der Waals surface area contributed by atoms with Crippen molar-refractivity contribution in [1.29, 1.82) is 0 Å². The third-order valence-electron chi connectivity index (χ3n) is 3.20. The lowest BCUT2D eigenvalue weighted by Crippen LogP contribution is -2.48. The molecule has 0 bridgehead atoms. The van der Waals surface area contributed by atoms with E-state index in [-0.39, 0.29) is 9.65 Å². The van der Waals surface area contributed by atoms with Crippen LogP contribution in [0.2, 0.25) is 0 Å². The molecular weight excluding hydrogens is 308 g/mol. The summed E-state index contributed by atoms with van der Waals surface area (Å²) >= 11 is 6.91. The van der Waals surface area contributed by atoms with Crippen molar-refractivity contribution in [1.82, 2.24) is 0 Å². The Labute approximate surface area is 103 Å². The highest BCUT2D eigenvalue weighted by molar-refractivity contribution is 9.24. The maximum atomic E-state index is 10.6. The van der Waals surface area contributed by atoms with Crippen molar-refractivity contribution in [2.45, 2.75) is 42.4 Å². The SMILES string of the molecule is C=C(C)[C@@H]1CC[C@@H](C)C[C@@]1(O)C(Br)Br. The average Bonchev–Trinajstić information content (AvgIpc) is 2.02. The first-order valence-electron chi connectivity index (χ1n) is 5.04. The van der Waals surface area contributed by atoms with Crippen molar-refractivity contribution in [3.8, 4) is 0 Å². The van der Waals surface area contributed by atoms with Gasteiger partial charge < -0.3 is 5.11 Å². The Hall–Kier alpha value is 0.660. The summed E-state index contributed by atoms with van der Waals surface area (Å²) in [4.78, 5) is 0. The standard InChI is InChI=1S/C11H18Br2O/c1-7(2)9-5-4-8(3)6-11(9,14)10(12)13/h8-10,14H,1,4-6H2,2-3H3/t8-,9+,11+/m1/s1. The molecule has 0 aromatic rings. The highest BCUT2D eigenvalue weighted by Crippen LogP contribution is 2.46. The molecule has 3 heteroatoms. The van der Waals surface area contributed by atoms with Crippen LogP contribution in [0.1, 0.15) is 33.1 Å². The Bertz CT molecular complexity index is 227. The van der Waals surface area contributed by atoms with Gasteiger partial charge in [-0.15, -0.1) is 0 Å². The lowest BCUT2D eigenvalue weighted by molar-refractivity contribution is -0.0329. The molecule has 0 amide bonds. The van der Waals surface area contributed by atoms with Crippen LogP contribution < -0.4 is 0 Å². The Morgan fingerprint density at radius 2 is 2.07 bits per heavy atom. The van der Waals surface area contributed by atoms with E-state index < -0.39 is 5.60 Å². The van der Waals surface area contributed by atoms with Crippen LogP contribution >= 0.6 is 31.9 Å². The van der Waals surface area contributed by atoms with E-state index in [1.54, 1.807) is 0 Å². The summed E-state index contributed by atoms with van der Waals surface area (Å²) < 4.78 is -0.0491. The molecule has 1 N–H and O–H groups in total. The molecule has 0 spiro atoms. The number of alkyl halides is 2. The first-order valence-corrected chi connectivity index (χ1v) is 6.87. The normalized spacial score (nSPS) is 38.7. The van der Waals surface area contributed by atoms with E-state index in [0.29, 0.717) is 5.92 Å². The van der Waals surface area contributed by atoms with Gasteiger partial charge in [-0.3, -0.25) is 0 Å². The van der Waals surface area contributed by atoms with E-state index in [4.69, 9.17) is 0 Å². The molecule has 1 nitrogen and oxygen atoms in total. The molecule has 1 rings (SSSR count). The number of hydrogen-bond donors (Lipinski definition) is 1. The second kappa shape index (κ2) is 4.67. The molecule has 1 saturated carbocycles. The molecule has 0 aliphatic heterocycles. The first kappa shape index (κ1) is 12.7. The Morgan fingerprint density at radius 1 is 1.50 bits per heavy atom. The Kier molecular flexibility index (Phi) is 4.24. The Balaban J connectivity index is 2.88. The largest absolute Gasteiger partial charge is 0.387 e. The van der Waals surface area contributed by atoms with E-state index in [1.807, 2.05) is 6.92 Å². The minimum absolute atomic E-state index is 0.0491. The van der Waals surface area contributed by atoms with E-state index in [0.717, 1.165) is 18.4 Å². The molecule has 1 aliphatic rings. The van der Waals surface area contributed by atoms with Crippen molar-refractivity contribution in [3.63, 3.8) is 0 Å². The van der Waals surface area contributed by atoms with Crippen molar-refractivity contribution >= 4 is 31.9 Å². The fraction of sp³-hybridized carbons (Fsp3) is 0.818. The number of hydrogen-bond acceptors (Lipinski definition) is 1. The van der Waals surface area contributed by atoms with E-state index >= 15 is 0 Å². The molecule has 0 saturated heterocycles. The van der Waals surface area contributed by atoms with Crippen LogP contribution in [0.3, 0.4) is 0 Å². The average molecular weight is 326 g/mol. The first-order chi connectivity index (χ1) is 6.38. The third kappa shape index (κ3) is 2.42. The molecule has 82 valence electrons. The molecule has 0 unspecified atom stereocenters. The summed E-state index contributed by atoms with van der Waals surface area (Å²) in [6.07, 6.45) is 3.07. The number of rotatable bonds is 2. The molecule has 0 aromatic carbocycles. The van der Waals surface area contributed by atoms with Gasteiger partial charge in [-0.25, -0.2) is 0 Å². The van der Waals surface area contributed by atoms with Crippen molar-refractivity contribution in [3.05, 3.63) is 12.2 Å². The van der Waals surface area contributed by atoms with Crippen molar-refractivity contribution in [2.75, 3.05) is 0 Å². The van der Waals surface area contributed by atoms with Gasteiger partial charge in [0.2, 0.25) is 0 Å². The van der Waals surface area contributed by atoms with Crippen LogP contribution in [0.25, 0.3) is 0 Å². The van der Waals surface area contributed by atoms with E-state index in [9.17, 15) is 5.11 Å². The quantitative estimate of drug-likeness (QED) is 0.604. The zero-order valence-electron chi connectivity index (χ0n) is 8.76. The van der Waals surface area contributed by atoms with Gasteiger partial charge in [-0.05, 0) is 32.1 Å². The highest BCUT2D eigenvalue weighted by Gasteiger charge is 2.45. The van der Waals surface area contributed by atoms with Gasteiger partial charge in [-0.2, -0.15) is 0 Å². The fourth-order valence-corrected chi connectivity index (χ4v) is 3.43. The smallest absolute Gasteiger partial charge is 0.0990 e. The fourth-order valence-electron chi connectivity index (χ4n) is 2.42. The summed E-state index contributed by atoms with van der Waals surface area (Å²) in [5, 5.41) is 10.6. The van der Waals surface area contributed by atoms with Crippen LogP contribution in [0.4, 0.5) is 0 Å². The van der Waals surface area contributed by atoms with Gasteiger partial charge in [-0.1, -0.05) is 50.9 Å². The topological polar surface area (TPSA) is 20.2 Å². The van der Waals surface area contributed by atoms with E-state index in [1.165, 1.54) is 6.42 Å². The van der Waals surface area contributed by atoms with Gasteiger partial charge in [0.15, 0.2) is 0 Å². The molecular formula is C11H18Br2O. The summed E-state index contributed by atoms with van der Waals surface area (Å²) in [5.41, 5.74) is 0.409. The van der Waals surface area contributed by atoms with Gasteiger partial charge in [0.25, 0.3) is 0 Å². The monoisotopic (exact) mass is 324 g/mol. The molecule has 1 fully saturated rings. The third-order valence-corrected chi connectivity index (χ3v) is 4.79. The minimum atomic E-state index is -0.677. The molecule has 0 aromatic heterocycles. The zero-order valence-corrected chi connectivity index (χ0v) is 11.9. The summed E-state index contributed by atoms with van der Waals surface area (Å²) in [6.45, 7) is 8.18.